The molecule has 3 aliphatic rings. The molecule has 7 N–H and O–H groups in total. The SMILES string of the molecule is C=C1NC([C@@H](N)CN2C(=O)CCC2=O)C2(NCC(NC(=O)c3cc(C(F)(F)F)cc(C(F)(F)F)c3)[C@H]2O)N1. The number of aliphatic hydroxyl groups excluding tert-OH is 1. The van der Waals surface area contributed by atoms with Crippen molar-refractivity contribution in [2.24, 2.45) is 5.73 Å². The number of amides is 3. The number of likely N-dealkylation sites (tertiary alicyclic amines) is 1. The lowest BCUT2D eigenvalue weighted by atomic mass is 9.89. The molecule has 5 atom stereocenters. The molecule has 0 radical (unpaired) electrons. The third kappa shape index (κ3) is 5.02. The van der Waals surface area contributed by atoms with Gasteiger partial charge in [-0.2, -0.15) is 26.3 Å². The van der Waals surface area contributed by atoms with Gasteiger partial charge in [-0.1, -0.05) is 6.58 Å². The fraction of sp³-hybridized carbons (Fsp3) is 0.500. The van der Waals surface area contributed by atoms with Crippen molar-refractivity contribution in [2.45, 2.75) is 55.1 Å². The molecule has 0 saturated carbocycles. The average Bonchev–Trinajstić information content (AvgIpc) is 3.44. The van der Waals surface area contributed by atoms with Crippen LogP contribution in [-0.4, -0.2) is 70.7 Å². The van der Waals surface area contributed by atoms with E-state index in [-0.39, 0.29) is 50.0 Å². The van der Waals surface area contributed by atoms with E-state index in [1.165, 1.54) is 0 Å². The fourth-order valence-electron chi connectivity index (χ4n) is 4.94. The zero-order chi connectivity index (χ0) is 28.2. The third-order valence-corrected chi connectivity index (χ3v) is 6.78. The highest BCUT2D eigenvalue weighted by molar-refractivity contribution is 6.02. The van der Waals surface area contributed by atoms with Crippen molar-refractivity contribution in [3.8, 4) is 0 Å². The number of benzene rings is 1. The maximum absolute atomic E-state index is 13.2. The Kier molecular flexibility index (Phi) is 6.86. The van der Waals surface area contributed by atoms with Gasteiger partial charge < -0.3 is 26.8 Å². The van der Waals surface area contributed by atoms with E-state index >= 15 is 0 Å². The lowest BCUT2D eigenvalue weighted by Crippen LogP contribution is -2.70. The van der Waals surface area contributed by atoms with E-state index in [1.807, 2.05) is 0 Å². The summed E-state index contributed by atoms with van der Waals surface area (Å²) >= 11 is 0. The summed E-state index contributed by atoms with van der Waals surface area (Å²) in [6, 6.07) is -2.54. The lowest BCUT2D eigenvalue weighted by Gasteiger charge is -2.38. The molecule has 208 valence electrons. The molecule has 10 nitrogen and oxygen atoms in total. The maximum Gasteiger partial charge on any atom is 0.416 e. The Bertz CT molecular complexity index is 1130. The number of carbonyl (C=O) groups excluding carboxylic acids is 3. The molecule has 38 heavy (non-hydrogen) atoms. The summed E-state index contributed by atoms with van der Waals surface area (Å²) in [7, 11) is 0. The van der Waals surface area contributed by atoms with Gasteiger partial charge in [0.1, 0.15) is 11.8 Å². The Balaban J connectivity index is 1.54. The first-order valence-corrected chi connectivity index (χ1v) is 11.4. The fourth-order valence-corrected chi connectivity index (χ4v) is 4.94. The van der Waals surface area contributed by atoms with Gasteiger partial charge in [0.05, 0.1) is 29.0 Å². The van der Waals surface area contributed by atoms with Gasteiger partial charge in [0.15, 0.2) is 0 Å². The molecule has 1 spiro atoms. The third-order valence-electron chi connectivity index (χ3n) is 6.78. The van der Waals surface area contributed by atoms with Crippen LogP contribution in [0.2, 0.25) is 0 Å². The van der Waals surface area contributed by atoms with Gasteiger partial charge in [-0.3, -0.25) is 24.6 Å². The van der Waals surface area contributed by atoms with Crippen LogP contribution in [0.15, 0.2) is 30.6 Å². The summed E-state index contributed by atoms with van der Waals surface area (Å²) in [6.45, 7) is 3.37. The number of hydrogen-bond donors (Lipinski definition) is 6. The molecule has 4 rings (SSSR count). The van der Waals surface area contributed by atoms with Crippen LogP contribution in [0.4, 0.5) is 26.3 Å². The number of aliphatic hydroxyl groups is 1. The van der Waals surface area contributed by atoms with E-state index in [0.717, 1.165) is 4.90 Å². The van der Waals surface area contributed by atoms with Crippen LogP contribution in [0.3, 0.4) is 0 Å². The molecule has 3 unspecified atom stereocenters. The molecule has 3 saturated heterocycles. The van der Waals surface area contributed by atoms with Gasteiger partial charge >= 0.3 is 12.4 Å². The minimum atomic E-state index is -5.14. The van der Waals surface area contributed by atoms with Gasteiger partial charge in [-0.15, -0.1) is 0 Å². The number of nitrogens with one attached hydrogen (secondary N) is 4. The van der Waals surface area contributed by atoms with Gasteiger partial charge in [0.25, 0.3) is 5.91 Å². The molecule has 0 aromatic heterocycles. The molecule has 0 aliphatic carbocycles. The number of carbonyl (C=O) groups is 3. The van der Waals surface area contributed by atoms with Crippen LogP contribution in [-0.2, 0) is 21.9 Å². The Morgan fingerprint density at radius 1 is 1.13 bits per heavy atom. The van der Waals surface area contributed by atoms with Crippen molar-refractivity contribution in [2.75, 3.05) is 13.1 Å². The number of hydrogen-bond acceptors (Lipinski definition) is 8. The highest BCUT2D eigenvalue weighted by atomic mass is 19.4. The molecule has 3 heterocycles. The zero-order valence-corrected chi connectivity index (χ0v) is 19.5. The Morgan fingerprint density at radius 3 is 2.21 bits per heavy atom. The smallest absolute Gasteiger partial charge is 0.387 e. The zero-order valence-electron chi connectivity index (χ0n) is 19.5. The number of nitrogens with two attached hydrogens (primary N) is 1. The Labute approximate surface area is 211 Å². The highest BCUT2D eigenvalue weighted by Crippen LogP contribution is 2.36. The predicted molar refractivity (Wildman–Crippen MR) is 118 cm³/mol. The Hall–Kier alpha value is -3.37. The van der Waals surface area contributed by atoms with Crippen LogP contribution in [0.1, 0.15) is 34.3 Å². The van der Waals surface area contributed by atoms with E-state index in [2.05, 4.69) is 27.8 Å². The number of halogens is 6. The lowest BCUT2D eigenvalue weighted by molar-refractivity contribution is -0.143. The first-order valence-electron chi connectivity index (χ1n) is 11.4. The molecule has 1 aromatic rings. The first-order chi connectivity index (χ1) is 17.5. The monoisotopic (exact) mass is 550 g/mol. The minimum absolute atomic E-state index is 0.0420. The van der Waals surface area contributed by atoms with E-state index in [4.69, 9.17) is 5.73 Å². The number of nitrogens with zero attached hydrogens (tertiary/aromatic N) is 1. The van der Waals surface area contributed by atoms with E-state index in [1.54, 1.807) is 0 Å². The molecular weight excluding hydrogens is 526 g/mol. The van der Waals surface area contributed by atoms with Crippen molar-refractivity contribution in [3.63, 3.8) is 0 Å². The van der Waals surface area contributed by atoms with E-state index in [0.29, 0.717) is 0 Å². The average molecular weight is 550 g/mol. The van der Waals surface area contributed by atoms with Gasteiger partial charge in [0, 0.05) is 37.5 Å². The van der Waals surface area contributed by atoms with Crippen LogP contribution >= 0.6 is 0 Å². The normalized spacial score (nSPS) is 28.6. The largest absolute Gasteiger partial charge is 0.416 e. The maximum atomic E-state index is 13.2. The number of imide groups is 1. The quantitative estimate of drug-likeness (QED) is 0.222. The van der Waals surface area contributed by atoms with Crippen LogP contribution in [0.25, 0.3) is 0 Å². The van der Waals surface area contributed by atoms with Crippen LogP contribution < -0.4 is 27.0 Å². The standard InChI is InChI=1S/C22H24F6N6O4/c1-9-31-17(13(29)8-34-15(35)2-3-16(34)36)20(33-9)18(37)14(7-30-20)32-19(38)10-4-11(21(23,24)25)6-12(5-10)22(26,27)28/h4-6,13-14,17-18,30-31,33,37H,1-3,7-8,29H2,(H,32,38)/t13-,14?,17?,18+,20?/m0/s1. The van der Waals surface area contributed by atoms with Gasteiger partial charge in [-0.05, 0) is 18.2 Å². The molecule has 3 amide bonds. The molecule has 1 aromatic carbocycles. The van der Waals surface area contributed by atoms with Crippen molar-refractivity contribution >= 4 is 17.7 Å². The van der Waals surface area contributed by atoms with Crippen molar-refractivity contribution in [1.82, 2.24) is 26.2 Å². The summed E-state index contributed by atoms with van der Waals surface area (Å²) in [5.41, 5.74) is 0.561. The van der Waals surface area contributed by atoms with Crippen molar-refractivity contribution in [3.05, 3.63) is 47.3 Å². The summed E-state index contributed by atoms with van der Waals surface area (Å²) in [4.78, 5) is 37.7. The topological polar surface area (TPSA) is 149 Å². The first kappa shape index (κ1) is 27.7. The summed E-state index contributed by atoms with van der Waals surface area (Å²) in [5.74, 6) is -1.89. The van der Waals surface area contributed by atoms with Crippen molar-refractivity contribution < 1.29 is 45.8 Å². The van der Waals surface area contributed by atoms with E-state index < -0.39 is 76.7 Å². The second-order valence-electron chi connectivity index (χ2n) is 9.36. The van der Waals surface area contributed by atoms with Gasteiger partial charge in [-0.25, -0.2) is 0 Å². The molecule has 3 fully saturated rings. The minimum Gasteiger partial charge on any atom is -0.387 e. The number of rotatable bonds is 5. The second kappa shape index (κ2) is 9.43. The molecule has 0 bridgehead atoms. The summed E-state index contributed by atoms with van der Waals surface area (Å²) in [6.07, 6.45) is -11.7. The summed E-state index contributed by atoms with van der Waals surface area (Å²) < 4.78 is 79.1. The number of alkyl halides is 6. The van der Waals surface area contributed by atoms with E-state index in [9.17, 15) is 45.8 Å². The van der Waals surface area contributed by atoms with Crippen LogP contribution in [0, 0.1) is 0 Å². The Morgan fingerprint density at radius 2 is 1.68 bits per heavy atom. The van der Waals surface area contributed by atoms with Gasteiger partial charge in [0.2, 0.25) is 11.8 Å². The van der Waals surface area contributed by atoms with Crippen molar-refractivity contribution in [1.29, 1.82) is 0 Å². The molecule has 16 heteroatoms. The predicted octanol–water partition coefficient (Wildman–Crippen LogP) is -0.00810. The van der Waals surface area contributed by atoms with Crippen LogP contribution in [0.5, 0.6) is 0 Å². The molecular formula is C22H24F6N6O4. The highest BCUT2D eigenvalue weighted by Gasteiger charge is 2.58. The second-order valence-corrected chi connectivity index (χ2v) is 9.36. The summed E-state index contributed by atoms with van der Waals surface area (Å²) in [5, 5.41) is 22.1. The molecule has 3 aliphatic heterocycles.